The number of hydrogen-bond donors (Lipinski definition) is 0. The number of halogens is 1. The molecule has 0 unspecified atom stereocenters. The summed E-state index contributed by atoms with van der Waals surface area (Å²) in [6.45, 7) is 5.21. The molecule has 0 aliphatic rings. The first-order chi connectivity index (χ1) is 13.6. The molecular weight excluding hydrogens is 349 g/mol. The third-order valence-corrected chi connectivity index (χ3v) is 4.77. The van der Waals surface area contributed by atoms with Crippen molar-refractivity contribution in [2.45, 2.75) is 13.8 Å². The van der Waals surface area contributed by atoms with E-state index in [2.05, 4.69) is 12.1 Å². The topological polar surface area (TPSA) is 20.3 Å². The molecule has 3 heteroatoms. The highest BCUT2D eigenvalue weighted by molar-refractivity contribution is 6.24. The van der Waals surface area contributed by atoms with Crippen molar-refractivity contribution in [3.8, 4) is 11.1 Å². The largest absolute Gasteiger partial charge is 0.339 e. The Bertz CT molecular complexity index is 940. The molecule has 0 bridgehead atoms. The fourth-order valence-electron chi connectivity index (χ4n) is 3.15. The third-order valence-electron chi connectivity index (χ3n) is 4.77. The predicted molar refractivity (Wildman–Crippen MR) is 114 cm³/mol. The van der Waals surface area contributed by atoms with Gasteiger partial charge in [-0.3, -0.25) is 4.79 Å². The van der Waals surface area contributed by atoms with Crippen LogP contribution in [0.5, 0.6) is 0 Å². The molecule has 0 N–H and O–H groups in total. The molecule has 0 heterocycles. The first-order valence-corrected chi connectivity index (χ1v) is 9.54. The van der Waals surface area contributed by atoms with Gasteiger partial charge in [0.2, 0.25) is 0 Å². The van der Waals surface area contributed by atoms with Crippen molar-refractivity contribution < 1.29 is 9.18 Å². The van der Waals surface area contributed by atoms with Gasteiger partial charge in [-0.25, -0.2) is 4.39 Å². The lowest BCUT2D eigenvalue weighted by atomic mass is 9.98. The summed E-state index contributed by atoms with van der Waals surface area (Å²) < 4.78 is 13.3. The number of likely N-dealkylation sites (N-methyl/N-ethyl adjacent to an activating group) is 1. The maximum atomic E-state index is 13.3. The molecule has 0 saturated carbocycles. The summed E-state index contributed by atoms with van der Waals surface area (Å²) in [5.41, 5.74) is 4.48. The van der Waals surface area contributed by atoms with Crippen LogP contribution in [0.1, 0.15) is 25.0 Å². The van der Waals surface area contributed by atoms with Crippen molar-refractivity contribution in [3.05, 3.63) is 95.8 Å². The van der Waals surface area contributed by atoms with E-state index in [9.17, 15) is 9.18 Å². The van der Waals surface area contributed by atoms with Gasteiger partial charge in [0.05, 0.1) is 0 Å². The second-order valence-electron chi connectivity index (χ2n) is 6.53. The number of rotatable bonds is 6. The van der Waals surface area contributed by atoms with Crippen LogP contribution in [-0.2, 0) is 4.79 Å². The van der Waals surface area contributed by atoms with Gasteiger partial charge in [-0.15, -0.1) is 0 Å². The van der Waals surface area contributed by atoms with E-state index in [0.717, 1.165) is 22.3 Å². The molecular formula is C25H24FNO. The molecule has 3 aromatic carbocycles. The van der Waals surface area contributed by atoms with E-state index in [0.29, 0.717) is 18.7 Å². The summed E-state index contributed by atoms with van der Waals surface area (Å²) in [6.07, 6.45) is 1.83. The van der Waals surface area contributed by atoms with Crippen LogP contribution in [0, 0.1) is 5.82 Å². The second-order valence-corrected chi connectivity index (χ2v) is 6.53. The standard InChI is InChI=1S/C25H24FNO/c1-3-27(4-2)25(28)24(18-19-10-16-23(26)17-11-19)22-14-12-21(13-15-22)20-8-6-5-7-9-20/h5-18H,3-4H2,1-2H3. The Balaban J connectivity index is 2.01. The average molecular weight is 373 g/mol. The highest BCUT2D eigenvalue weighted by atomic mass is 19.1. The van der Waals surface area contributed by atoms with Gasteiger partial charge in [0.15, 0.2) is 0 Å². The lowest BCUT2D eigenvalue weighted by molar-refractivity contribution is -0.124. The van der Waals surface area contributed by atoms with E-state index in [4.69, 9.17) is 0 Å². The van der Waals surface area contributed by atoms with Crippen LogP contribution < -0.4 is 0 Å². The minimum absolute atomic E-state index is 0.0261. The fraction of sp³-hybridized carbons (Fsp3) is 0.160. The Labute approximate surface area is 165 Å². The number of nitrogens with zero attached hydrogens (tertiary/aromatic N) is 1. The Morgan fingerprint density at radius 3 is 1.96 bits per heavy atom. The molecule has 3 aromatic rings. The SMILES string of the molecule is CCN(CC)C(=O)C(=Cc1ccc(F)cc1)c1ccc(-c2ccccc2)cc1. The lowest BCUT2D eigenvalue weighted by Gasteiger charge is -2.21. The quantitative estimate of drug-likeness (QED) is 0.389. The molecule has 0 aromatic heterocycles. The van der Waals surface area contributed by atoms with Gasteiger partial charge in [-0.05, 0) is 54.3 Å². The summed E-state index contributed by atoms with van der Waals surface area (Å²) in [7, 11) is 0. The molecule has 0 spiro atoms. The van der Waals surface area contributed by atoms with E-state index in [1.165, 1.54) is 12.1 Å². The van der Waals surface area contributed by atoms with Crippen LogP contribution in [0.25, 0.3) is 22.8 Å². The zero-order chi connectivity index (χ0) is 19.9. The smallest absolute Gasteiger partial charge is 0.254 e. The minimum atomic E-state index is -0.291. The molecule has 0 fully saturated rings. The molecule has 0 aliphatic carbocycles. The maximum Gasteiger partial charge on any atom is 0.254 e. The highest BCUT2D eigenvalue weighted by Crippen LogP contribution is 2.25. The summed E-state index contributed by atoms with van der Waals surface area (Å²) >= 11 is 0. The number of carbonyl (C=O) groups excluding carboxylic acids is 1. The molecule has 2 nitrogen and oxygen atoms in total. The van der Waals surface area contributed by atoms with Gasteiger partial charge in [-0.2, -0.15) is 0 Å². The molecule has 0 saturated heterocycles. The number of benzene rings is 3. The van der Waals surface area contributed by atoms with E-state index in [1.54, 1.807) is 17.0 Å². The summed E-state index contributed by atoms with van der Waals surface area (Å²) in [6, 6.07) is 24.3. The van der Waals surface area contributed by atoms with Crippen LogP contribution in [0.15, 0.2) is 78.9 Å². The minimum Gasteiger partial charge on any atom is -0.339 e. The monoisotopic (exact) mass is 373 g/mol. The fourth-order valence-corrected chi connectivity index (χ4v) is 3.15. The summed E-state index contributed by atoms with van der Waals surface area (Å²) in [5.74, 6) is -0.317. The first-order valence-electron chi connectivity index (χ1n) is 9.54. The van der Waals surface area contributed by atoms with Gasteiger partial charge in [0.25, 0.3) is 5.91 Å². The molecule has 1 amide bonds. The molecule has 3 rings (SSSR count). The van der Waals surface area contributed by atoms with Crippen LogP contribution >= 0.6 is 0 Å². The van der Waals surface area contributed by atoms with Crippen LogP contribution in [-0.4, -0.2) is 23.9 Å². The second kappa shape index (κ2) is 9.14. The highest BCUT2D eigenvalue weighted by Gasteiger charge is 2.17. The van der Waals surface area contributed by atoms with Crippen molar-refractivity contribution >= 4 is 17.6 Å². The average Bonchev–Trinajstić information content (AvgIpc) is 2.75. The lowest BCUT2D eigenvalue weighted by Crippen LogP contribution is -2.31. The van der Waals surface area contributed by atoms with Crippen molar-refractivity contribution in [2.75, 3.05) is 13.1 Å². The first kappa shape index (κ1) is 19.6. The molecule has 142 valence electrons. The summed E-state index contributed by atoms with van der Waals surface area (Å²) in [4.78, 5) is 14.9. The molecule has 0 aliphatic heterocycles. The molecule has 0 radical (unpaired) electrons. The van der Waals surface area contributed by atoms with Crippen molar-refractivity contribution in [1.29, 1.82) is 0 Å². The zero-order valence-corrected chi connectivity index (χ0v) is 16.2. The van der Waals surface area contributed by atoms with Crippen molar-refractivity contribution in [1.82, 2.24) is 4.90 Å². The van der Waals surface area contributed by atoms with Gasteiger partial charge < -0.3 is 4.90 Å². The van der Waals surface area contributed by atoms with E-state index >= 15 is 0 Å². The van der Waals surface area contributed by atoms with Gasteiger partial charge >= 0.3 is 0 Å². The van der Waals surface area contributed by atoms with Crippen LogP contribution in [0.2, 0.25) is 0 Å². The number of hydrogen-bond acceptors (Lipinski definition) is 1. The third kappa shape index (κ3) is 4.55. The normalized spacial score (nSPS) is 11.3. The van der Waals surface area contributed by atoms with E-state index in [-0.39, 0.29) is 11.7 Å². The van der Waals surface area contributed by atoms with Gasteiger partial charge in [-0.1, -0.05) is 66.7 Å². The zero-order valence-electron chi connectivity index (χ0n) is 16.2. The number of carbonyl (C=O) groups is 1. The van der Waals surface area contributed by atoms with E-state index in [1.807, 2.05) is 62.4 Å². The molecule has 0 atom stereocenters. The van der Waals surface area contributed by atoms with Crippen molar-refractivity contribution in [2.24, 2.45) is 0 Å². The Hall–Kier alpha value is -3.20. The summed E-state index contributed by atoms with van der Waals surface area (Å²) in [5, 5.41) is 0. The predicted octanol–water partition coefficient (Wildman–Crippen LogP) is 5.90. The maximum absolute atomic E-state index is 13.3. The van der Waals surface area contributed by atoms with Gasteiger partial charge in [0.1, 0.15) is 5.82 Å². The molecule has 28 heavy (non-hydrogen) atoms. The Kier molecular flexibility index (Phi) is 6.38. The van der Waals surface area contributed by atoms with Crippen LogP contribution in [0.4, 0.5) is 4.39 Å². The van der Waals surface area contributed by atoms with E-state index < -0.39 is 0 Å². The Morgan fingerprint density at radius 1 is 0.821 bits per heavy atom. The van der Waals surface area contributed by atoms with Crippen molar-refractivity contribution in [3.63, 3.8) is 0 Å². The van der Waals surface area contributed by atoms with Crippen LogP contribution in [0.3, 0.4) is 0 Å². The number of amides is 1. The van der Waals surface area contributed by atoms with Gasteiger partial charge in [0, 0.05) is 18.7 Å². The Morgan fingerprint density at radius 2 is 1.39 bits per heavy atom.